The quantitative estimate of drug-likeness (QED) is 0.483. The Bertz CT molecular complexity index is 1030. The van der Waals surface area contributed by atoms with Crippen molar-refractivity contribution in [2.45, 2.75) is 6.42 Å². The zero-order valence-corrected chi connectivity index (χ0v) is 15.5. The number of ether oxygens (including phenoxy) is 1. The van der Waals surface area contributed by atoms with E-state index >= 15 is 0 Å². The maximum Gasteiger partial charge on any atom is 0.259 e. The molecule has 0 atom stereocenters. The molecular weight excluding hydrogens is 369 g/mol. The van der Waals surface area contributed by atoms with Crippen molar-refractivity contribution in [2.24, 2.45) is 0 Å². The van der Waals surface area contributed by atoms with E-state index < -0.39 is 0 Å². The smallest absolute Gasteiger partial charge is 0.259 e. The van der Waals surface area contributed by atoms with Crippen molar-refractivity contribution in [1.82, 2.24) is 0 Å². The molecule has 3 nitrogen and oxygen atoms in total. The van der Waals surface area contributed by atoms with Crippen molar-refractivity contribution in [3.05, 3.63) is 81.3 Å². The highest BCUT2D eigenvalue weighted by atomic mass is 35.5. The highest BCUT2D eigenvalue weighted by Crippen LogP contribution is 2.38. The van der Waals surface area contributed by atoms with Crippen LogP contribution in [0.25, 0.3) is 11.1 Å². The fourth-order valence-corrected chi connectivity index (χ4v) is 3.93. The summed E-state index contributed by atoms with van der Waals surface area (Å²) in [5.74, 6) is -0.0103. The number of fused-ring (bicyclic) bond motifs is 3. The number of hydrogen-bond donors (Lipinski definition) is 1. The minimum Gasteiger partial charge on any atom is -0.494 e. The molecule has 0 heterocycles. The van der Waals surface area contributed by atoms with Gasteiger partial charge in [0.2, 0.25) is 0 Å². The molecule has 3 aromatic carbocycles. The van der Waals surface area contributed by atoms with Gasteiger partial charge in [-0.3, -0.25) is 4.79 Å². The number of amides is 1. The summed E-state index contributed by atoms with van der Waals surface area (Å²) in [4.78, 5) is 12.7. The van der Waals surface area contributed by atoms with Gasteiger partial charge in [-0.1, -0.05) is 53.5 Å². The van der Waals surface area contributed by atoms with E-state index in [1.165, 1.54) is 29.4 Å². The highest BCUT2D eigenvalue weighted by molar-refractivity contribution is 6.36. The summed E-state index contributed by atoms with van der Waals surface area (Å²) in [5.41, 5.74) is 5.98. The van der Waals surface area contributed by atoms with E-state index in [0.717, 1.165) is 12.1 Å². The van der Waals surface area contributed by atoms with E-state index in [1.807, 2.05) is 30.3 Å². The van der Waals surface area contributed by atoms with E-state index in [-0.39, 0.29) is 5.91 Å². The Kier molecular flexibility index (Phi) is 4.35. The van der Waals surface area contributed by atoms with Crippen LogP contribution >= 0.6 is 23.2 Å². The molecule has 0 unspecified atom stereocenters. The molecule has 26 heavy (non-hydrogen) atoms. The molecule has 3 aromatic rings. The first-order valence-electron chi connectivity index (χ1n) is 8.12. The molecule has 0 spiro atoms. The topological polar surface area (TPSA) is 38.3 Å². The van der Waals surface area contributed by atoms with Crippen molar-refractivity contribution >= 4 is 34.8 Å². The van der Waals surface area contributed by atoms with Gasteiger partial charge in [0.25, 0.3) is 5.91 Å². The van der Waals surface area contributed by atoms with Gasteiger partial charge >= 0.3 is 0 Å². The van der Waals surface area contributed by atoms with Gasteiger partial charge in [0.05, 0.1) is 17.7 Å². The van der Waals surface area contributed by atoms with E-state index in [1.54, 1.807) is 12.1 Å². The maximum atomic E-state index is 12.7. The molecule has 0 bridgehead atoms. The number of hydrogen-bond acceptors (Lipinski definition) is 2. The second-order valence-corrected chi connectivity index (χ2v) is 6.97. The molecule has 0 aliphatic heterocycles. The molecule has 0 saturated carbocycles. The van der Waals surface area contributed by atoms with Gasteiger partial charge in [-0.15, -0.1) is 0 Å². The predicted molar refractivity (Wildman–Crippen MR) is 106 cm³/mol. The lowest BCUT2D eigenvalue weighted by Gasteiger charge is -2.12. The third-order valence-corrected chi connectivity index (χ3v) is 5.01. The van der Waals surface area contributed by atoms with E-state index in [2.05, 4.69) is 17.4 Å². The van der Waals surface area contributed by atoms with Crippen molar-refractivity contribution in [1.29, 1.82) is 0 Å². The molecule has 1 N–H and O–H groups in total. The number of anilines is 1. The number of rotatable bonds is 3. The lowest BCUT2D eigenvalue weighted by Crippen LogP contribution is -2.13. The number of carbonyl (C=O) groups is 1. The second kappa shape index (κ2) is 6.67. The predicted octanol–water partition coefficient (Wildman–Crippen LogP) is 5.83. The van der Waals surface area contributed by atoms with E-state index in [9.17, 15) is 4.79 Å². The number of nitrogens with one attached hydrogen (secondary N) is 1. The van der Waals surface area contributed by atoms with Crippen LogP contribution in [0, 0.1) is 0 Å². The Balaban J connectivity index is 1.63. The molecular formula is C21H15Cl2NO2. The van der Waals surface area contributed by atoms with Gasteiger partial charge in [0.1, 0.15) is 5.75 Å². The van der Waals surface area contributed by atoms with Gasteiger partial charge in [-0.05, 0) is 52.9 Å². The molecule has 4 rings (SSSR count). The monoisotopic (exact) mass is 383 g/mol. The summed E-state index contributed by atoms with van der Waals surface area (Å²) in [6, 6.07) is 17.4. The van der Waals surface area contributed by atoms with Gasteiger partial charge in [0.15, 0.2) is 0 Å². The maximum absolute atomic E-state index is 12.7. The first-order valence-corrected chi connectivity index (χ1v) is 8.88. The third-order valence-electron chi connectivity index (χ3n) is 4.51. The lowest BCUT2D eigenvalue weighted by molar-refractivity contribution is 0.102. The number of carbonyl (C=O) groups excluding carboxylic acids is 1. The van der Waals surface area contributed by atoms with Crippen LogP contribution in [0.2, 0.25) is 10.0 Å². The van der Waals surface area contributed by atoms with Crippen molar-refractivity contribution in [3.63, 3.8) is 0 Å². The zero-order chi connectivity index (χ0) is 18.3. The molecule has 1 aliphatic carbocycles. The molecule has 0 aromatic heterocycles. The SMILES string of the molecule is COc1c(Cl)cc(Cl)cc1C(=O)Nc1ccc2c(c1)Cc1ccccc1-2. The average Bonchev–Trinajstić information content (AvgIpc) is 2.98. The second-order valence-electron chi connectivity index (χ2n) is 6.13. The van der Waals surface area contributed by atoms with Crippen molar-refractivity contribution in [2.75, 3.05) is 12.4 Å². The minimum absolute atomic E-state index is 0.300. The average molecular weight is 384 g/mol. The van der Waals surface area contributed by atoms with E-state index in [4.69, 9.17) is 27.9 Å². The van der Waals surface area contributed by atoms with Crippen LogP contribution in [-0.2, 0) is 6.42 Å². The Hall–Kier alpha value is -2.49. The Labute approximate surface area is 161 Å². The number of halogens is 2. The number of benzene rings is 3. The largest absolute Gasteiger partial charge is 0.494 e. The van der Waals surface area contributed by atoms with Crippen molar-refractivity contribution < 1.29 is 9.53 Å². The summed E-state index contributed by atoms with van der Waals surface area (Å²) in [5, 5.41) is 3.59. The Morgan fingerprint density at radius 3 is 2.58 bits per heavy atom. The Morgan fingerprint density at radius 1 is 1.00 bits per heavy atom. The first-order chi connectivity index (χ1) is 12.6. The van der Waals surface area contributed by atoms with Crippen LogP contribution in [0.15, 0.2) is 54.6 Å². The molecule has 1 aliphatic rings. The molecule has 5 heteroatoms. The van der Waals surface area contributed by atoms with Crippen molar-refractivity contribution in [3.8, 4) is 16.9 Å². The molecule has 1 amide bonds. The van der Waals surface area contributed by atoms with Crippen LogP contribution < -0.4 is 10.1 Å². The molecule has 0 saturated heterocycles. The van der Waals surface area contributed by atoms with Gasteiger partial charge in [-0.2, -0.15) is 0 Å². The summed E-state index contributed by atoms with van der Waals surface area (Å²) >= 11 is 12.2. The lowest BCUT2D eigenvalue weighted by atomic mass is 10.1. The third kappa shape index (κ3) is 2.94. The minimum atomic E-state index is -0.318. The summed E-state index contributed by atoms with van der Waals surface area (Å²) < 4.78 is 5.25. The van der Waals surface area contributed by atoms with Gasteiger partial charge in [-0.25, -0.2) is 0 Å². The first kappa shape index (κ1) is 17.0. The van der Waals surface area contributed by atoms with Gasteiger partial charge < -0.3 is 10.1 Å². The standard InChI is InChI=1S/C21H15Cl2NO2/c1-26-20-18(10-14(22)11-19(20)23)21(25)24-15-6-7-17-13(9-15)8-12-4-2-3-5-16(12)17/h2-7,9-11H,8H2,1H3,(H,24,25). The summed E-state index contributed by atoms with van der Waals surface area (Å²) in [6.07, 6.45) is 0.863. The Morgan fingerprint density at radius 2 is 1.77 bits per heavy atom. The molecule has 0 radical (unpaired) electrons. The fourth-order valence-electron chi connectivity index (χ4n) is 3.36. The van der Waals surface area contributed by atoms with Crippen LogP contribution in [0.3, 0.4) is 0 Å². The van der Waals surface area contributed by atoms with Crippen LogP contribution in [0.1, 0.15) is 21.5 Å². The van der Waals surface area contributed by atoms with Crippen LogP contribution in [-0.4, -0.2) is 13.0 Å². The van der Waals surface area contributed by atoms with E-state index in [0.29, 0.717) is 21.4 Å². The normalized spacial score (nSPS) is 11.7. The summed E-state index contributed by atoms with van der Waals surface area (Å²) in [6.45, 7) is 0. The fraction of sp³-hybridized carbons (Fsp3) is 0.0952. The van der Waals surface area contributed by atoms with Crippen LogP contribution in [0.4, 0.5) is 5.69 Å². The van der Waals surface area contributed by atoms with Crippen LogP contribution in [0.5, 0.6) is 5.75 Å². The molecule has 130 valence electrons. The highest BCUT2D eigenvalue weighted by Gasteiger charge is 2.20. The molecule has 0 fully saturated rings. The summed E-state index contributed by atoms with van der Waals surface area (Å²) in [7, 11) is 1.47. The number of methoxy groups -OCH3 is 1. The van der Waals surface area contributed by atoms with Gasteiger partial charge in [0, 0.05) is 10.7 Å². The zero-order valence-electron chi connectivity index (χ0n) is 14.0.